The minimum absolute atomic E-state index is 0.670. The topological polar surface area (TPSA) is 51.2 Å². The predicted molar refractivity (Wildman–Crippen MR) is 54.1 cm³/mol. The lowest BCUT2D eigenvalue weighted by Gasteiger charge is -1.96. The van der Waals surface area contributed by atoms with Crippen LogP contribution in [0.4, 0.5) is 0 Å². The molecule has 0 aliphatic heterocycles. The van der Waals surface area contributed by atoms with Gasteiger partial charge in [-0.15, -0.1) is 0 Å². The highest BCUT2D eigenvalue weighted by molar-refractivity contribution is 5.47. The third-order valence-electron chi connectivity index (χ3n) is 2.44. The molecule has 4 heteroatoms. The highest BCUT2D eigenvalue weighted by atomic mass is 16.4. The molecule has 4 nitrogen and oxygen atoms in total. The first-order valence-electron chi connectivity index (χ1n) is 5.14. The van der Waals surface area contributed by atoms with Crippen molar-refractivity contribution in [3.8, 4) is 11.5 Å². The molecule has 2 aromatic heterocycles. The van der Waals surface area contributed by atoms with Crippen molar-refractivity contribution in [2.24, 2.45) is 0 Å². The van der Waals surface area contributed by atoms with Gasteiger partial charge in [-0.25, -0.2) is 4.98 Å². The van der Waals surface area contributed by atoms with Gasteiger partial charge in [-0.3, -0.25) is 0 Å². The smallest absolute Gasteiger partial charge is 0.209 e. The molecule has 3 rings (SSSR count). The number of aromatic nitrogens is 1. The third-order valence-corrected chi connectivity index (χ3v) is 2.44. The molecule has 2 heterocycles. The molecule has 0 bridgehead atoms. The summed E-state index contributed by atoms with van der Waals surface area (Å²) < 4.78 is 10.8. The zero-order valence-electron chi connectivity index (χ0n) is 8.27. The summed E-state index contributed by atoms with van der Waals surface area (Å²) in [6, 6.07) is 4.36. The van der Waals surface area contributed by atoms with Crippen molar-refractivity contribution in [3.05, 3.63) is 30.5 Å². The van der Waals surface area contributed by atoms with E-state index in [9.17, 15) is 0 Å². The van der Waals surface area contributed by atoms with Crippen LogP contribution >= 0.6 is 0 Å². The fourth-order valence-electron chi connectivity index (χ4n) is 1.44. The molecule has 1 N–H and O–H groups in total. The van der Waals surface area contributed by atoms with Crippen LogP contribution in [-0.2, 0) is 6.54 Å². The van der Waals surface area contributed by atoms with Gasteiger partial charge in [0, 0.05) is 6.04 Å². The molecule has 0 unspecified atom stereocenters. The highest BCUT2D eigenvalue weighted by Gasteiger charge is 2.21. The molecule has 15 heavy (non-hydrogen) atoms. The largest absolute Gasteiger partial charge is 0.461 e. The fourth-order valence-corrected chi connectivity index (χ4v) is 1.44. The third kappa shape index (κ3) is 1.94. The van der Waals surface area contributed by atoms with Crippen LogP contribution in [0.5, 0.6) is 0 Å². The summed E-state index contributed by atoms with van der Waals surface area (Å²) in [5, 5.41) is 3.34. The Labute approximate surface area is 87.3 Å². The van der Waals surface area contributed by atoms with Crippen LogP contribution in [0.2, 0.25) is 0 Å². The maximum atomic E-state index is 5.54. The van der Waals surface area contributed by atoms with Crippen LogP contribution < -0.4 is 5.32 Å². The SMILES string of the molecule is c1coc(-c2cnc(CNC3CC3)o2)c1. The van der Waals surface area contributed by atoms with Gasteiger partial charge >= 0.3 is 0 Å². The molecular formula is C11H12N2O2. The van der Waals surface area contributed by atoms with Gasteiger partial charge in [0.1, 0.15) is 0 Å². The van der Waals surface area contributed by atoms with Gasteiger partial charge in [-0.2, -0.15) is 0 Å². The number of hydrogen-bond acceptors (Lipinski definition) is 4. The minimum Gasteiger partial charge on any atom is -0.461 e. The summed E-state index contributed by atoms with van der Waals surface area (Å²) >= 11 is 0. The van der Waals surface area contributed by atoms with Crippen molar-refractivity contribution in [2.45, 2.75) is 25.4 Å². The van der Waals surface area contributed by atoms with Crippen molar-refractivity contribution in [2.75, 3.05) is 0 Å². The van der Waals surface area contributed by atoms with E-state index in [-0.39, 0.29) is 0 Å². The number of oxazole rings is 1. The second-order valence-electron chi connectivity index (χ2n) is 3.75. The molecule has 1 aliphatic rings. The maximum Gasteiger partial charge on any atom is 0.209 e. The first-order chi connectivity index (χ1) is 7.42. The van der Waals surface area contributed by atoms with Gasteiger partial charge in [-0.05, 0) is 25.0 Å². The standard InChI is InChI=1S/C11H12N2O2/c1-2-9(14-5-1)10-6-13-11(15-10)7-12-8-3-4-8/h1-2,5-6,8,12H,3-4,7H2. The zero-order chi connectivity index (χ0) is 10.1. The Bertz CT molecular complexity index is 429. The molecule has 1 saturated carbocycles. The maximum absolute atomic E-state index is 5.54. The summed E-state index contributed by atoms with van der Waals surface area (Å²) in [5.74, 6) is 2.13. The monoisotopic (exact) mass is 204 g/mol. The summed E-state index contributed by atoms with van der Waals surface area (Å²) in [6.07, 6.45) is 5.86. The van der Waals surface area contributed by atoms with Gasteiger partial charge in [0.2, 0.25) is 5.89 Å². The average Bonchev–Trinajstić information content (AvgIpc) is 2.78. The number of nitrogens with zero attached hydrogens (tertiary/aromatic N) is 1. The Hall–Kier alpha value is -1.55. The molecule has 0 saturated heterocycles. The molecule has 0 radical (unpaired) electrons. The van der Waals surface area contributed by atoms with Crippen LogP contribution in [0.1, 0.15) is 18.7 Å². The Morgan fingerprint density at radius 1 is 1.40 bits per heavy atom. The molecule has 0 amide bonds. The summed E-state index contributed by atoms with van der Waals surface area (Å²) in [6.45, 7) is 0.700. The molecule has 78 valence electrons. The van der Waals surface area contributed by atoms with Crippen molar-refractivity contribution in [1.82, 2.24) is 10.3 Å². The normalized spacial score (nSPS) is 15.7. The average molecular weight is 204 g/mol. The Morgan fingerprint density at radius 2 is 2.33 bits per heavy atom. The summed E-state index contributed by atoms with van der Waals surface area (Å²) in [7, 11) is 0. The van der Waals surface area contributed by atoms with Crippen molar-refractivity contribution < 1.29 is 8.83 Å². The summed E-state index contributed by atoms with van der Waals surface area (Å²) in [4.78, 5) is 4.18. The van der Waals surface area contributed by atoms with E-state index < -0.39 is 0 Å². The lowest BCUT2D eigenvalue weighted by molar-refractivity contribution is 0.461. The van der Waals surface area contributed by atoms with Gasteiger partial charge in [0.25, 0.3) is 0 Å². The van der Waals surface area contributed by atoms with E-state index in [0.29, 0.717) is 24.2 Å². The van der Waals surface area contributed by atoms with Crippen molar-refractivity contribution in [3.63, 3.8) is 0 Å². The van der Waals surface area contributed by atoms with Crippen LogP contribution in [-0.4, -0.2) is 11.0 Å². The fraction of sp³-hybridized carbons (Fsp3) is 0.364. The van der Waals surface area contributed by atoms with E-state index >= 15 is 0 Å². The van der Waals surface area contributed by atoms with E-state index in [0.717, 1.165) is 5.76 Å². The first kappa shape index (κ1) is 8.73. The molecule has 0 aromatic carbocycles. The number of rotatable bonds is 4. The van der Waals surface area contributed by atoms with Gasteiger partial charge in [0.15, 0.2) is 11.5 Å². The number of hydrogen-bond donors (Lipinski definition) is 1. The minimum atomic E-state index is 0.670. The summed E-state index contributed by atoms with van der Waals surface area (Å²) in [5.41, 5.74) is 0. The van der Waals surface area contributed by atoms with Crippen LogP contribution in [0, 0.1) is 0 Å². The zero-order valence-corrected chi connectivity index (χ0v) is 8.27. The Kier molecular flexibility index (Phi) is 2.07. The van der Waals surface area contributed by atoms with Crippen LogP contribution in [0.3, 0.4) is 0 Å². The van der Waals surface area contributed by atoms with Crippen LogP contribution in [0.25, 0.3) is 11.5 Å². The Morgan fingerprint density at radius 3 is 3.07 bits per heavy atom. The lowest BCUT2D eigenvalue weighted by Crippen LogP contribution is -2.15. The molecular weight excluding hydrogens is 192 g/mol. The molecule has 1 aliphatic carbocycles. The second-order valence-corrected chi connectivity index (χ2v) is 3.75. The predicted octanol–water partition coefficient (Wildman–Crippen LogP) is 2.19. The van der Waals surface area contributed by atoms with E-state index in [1.165, 1.54) is 12.8 Å². The van der Waals surface area contributed by atoms with Gasteiger partial charge in [-0.1, -0.05) is 0 Å². The number of furan rings is 1. The Balaban J connectivity index is 1.69. The van der Waals surface area contributed by atoms with Gasteiger partial charge < -0.3 is 14.2 Å². The highest BCUT2D eigenvalue weighted by Crippen LogP contribution is 2.22. The molecule has 1 fully saturated rings. The van der Waals surface area contributed by atoms with E-state index in [2.05, 4.69) is 10.3 Å². The first-order valence-corrected chi connectivity index (χ1v) is 5.14. The quantitative estimate of drug-likeness (QED) is 0.829. The molecule has 2 aromatic rings. The molecule has 0 atom stereocenters. The number of nitrogens with one attached hydrogen (secondary N) is 1. The molecule has 0 spiro atoms. The van der Waals surface area contributed by atoms with Gasteiger partial charge in [0.05, 0.1) is 19.0 Å². The van der Waals surface area contributed by atoms with Crippen molar-refractivity contribution in [1.29, 1.82) is 0 Å². The van der Waals surface area contributed by atoms with E-state index in [1.807, 2.05) is 12.1 Å². The lowest BCUT2D eigenvalue weighted by atomic mass is 10.4. The van der Waals surface area contributed by atoms with E-state index in [1.54, 1.807) is 12.5 Å². The van der Waals surface area contributed by atoms with E-state index in [4.69, 9.17) is 8.83 Å². The van der Waals surface area contributed by atoms with Crippen molar-refractivity contribution >= 4 is 0 Å². The van der Waals surface area contributed by atoms with Crippen LogP contribution in [0.15, 0.2) is 33.4 Å². The second kappa shape index (κ2) is 3.55.